The third-order valence-electron chi connectivity index (χ3n) is 4.69. The Morgan fingerprint density at radius 2 is 1.83 bits per heavy atom. The summed E-state index contributed by atoms with van der Waals surface area (Å²) >= 11 is 1.23. The standard InChI is InChI=1S/C15H24N4O3S2/c1-17-8-10-18(11-9-17)16-15(20)13-4-6-19(7-5-13)24(21,22)14-3-2-12-23-14/h2-3,12-13H,4-11H2,1H3,(H,16,20). The molecule has 2 aliphatic rings. The smallest absolute Gasteiger partial charge is 0.252 e. The Morgan fingerprint density at radius 3 is 2.42 bits per heavy atom. The van der Waals surface area contributed by atoms with Gasteiger partial charge in [-0.15, -0.1) is 11.3 Å². The third kappa shape index (κ3) is 3.97. The topological polar surface area (TPSA) is 73.0 Å². The van der Waals surface area contributed by atoms with Crippen LogP contribution in [-0.4, -0.2) is 74.9 Å². The molecule has 1 N–H and O–H groups in total. The SMILES string of the molecule is CN1CCN(NC(=O)C2CCN(S(=O)(=O)c3cccs3)CC2)CC1. The number of nitrogens with one attached hydrogen (secondary N) is 1. The molecule has 2 fully saturated rings. The van der Waals surface area contributed by atoms with Gasteiger partial charge in [-0.05, 0) is 31.3 Å². The second kappa shape index (κ2) is 7.49. The number of thiophene rings is 1. The number of hydrogen-bond donors (Lipinski definition) is 1. The van der Waals surface area contributed by atoms with E-state index in [1.807, 2.05) is 5.01 Å². The van der Waals surface area contributed by atoms with Gasteiger partial charge in [0.2, 0.25) is 5.91 Å². The van der Waals surface area contributed by atoms with E-state index >= 15 is 0 Å². The van der Waals surface area contributed by atoms with Crippen molar-refractivity contribution in [2.45, 2.75) is 17.1 Å². The third-order valence-corrected chi connectivity index (χ3v) is 7.96. The molecule has 7 nitrogen and oxygen atoms in total. The van der Waals surface area contributed by atoms with E-state index in [0.717, 1.165) is 26.2 Å². The normalized spacial score (nSPS) is 22.5. The fourth-order valence-electron chi connectivity index (χ4n) is 3.06. The minimum Gasteiger partial charge on any atom is -0.304 e. The number of sulfonamides is 1. The average molecular weight is 373 g/mol. The van der Waals surface area contributed by atoms with Crippen LogP contribution in [-0.2, 0) is 14.8 Å². The van der Waals surface area contributed by atoms with E-state index in [2.05, 4.69) is 17.4 Å². The van der Waals surface area contributed by atoms with Gasteiger partial charge in [-0.25, -0.2) is 13.4 Å². The number of piperidine rings is 1. The predicted octanol–water partition coefficient (Wildman–Crippen LogP) is 0.427. The summed E-state index contributed by atoms with van der Waals surface area (Å²) in [6.45, 7) is 4.35. The minimum absolute atomic E-state index is 0.0210. The number of piperazine rings is 1. The van der Waals surface area contributed by atoms with Crippen LogP contribution >= 0.6 is 11.3 Å². The molecule has 0 bridgehead atoms. The molecule has 3 rings (SSSR count). The number of hydrazine groups is 1. The number of carbonyl (C=O) groups is 1. The molecule has 0 aliphatic carbocycles. The van der Waals surface area contributed by atoms with E-state index in [-0.39, 0.29) is 11.8 Å². The molecule has 0 spiro atoms. The van der Waals surface area contributed by atoms with Crippen LogP contribution in [0, 0.1) is 5.92 Å². The highest BCUT2D eigenvalue weighted by Gasteiger charge is 2.33. The lowest BCUT2D eigenvalue weighted by Gasteiger charge is -2.35. The van der Waals surface area contributed by atoms with E-state index in [0.29, 0.717) is 30.1 Å². The number of likely N-dealkylation sites (N-methyl/N-ethyl adjacent to an activating group) is 1. The molecule has 1 amide bonds. The lowest BCUT2D eigenvalue weighted by molar-refractivity contribution is -0.131. The van der Waals surface area contributed by atoms with E-state index in [1.54, 1.807) is 17.5 Å². The monoisotopic (exact) mass is 372 g/mol. The van der Waals surface area contributed by atoms with Crippen molar-refractivity contribution >= 4 is 27.3 Å². The number of carbonyl (C=O) groups excluding carboxylic acids is 1. The summed E-state index contributed by atoms with van der Waals surface area (Å²) in [5, 5.41) is 3.74. The first-order valence-electron chi connectivity index (χ1n) is 8.24. The van der Waals surface area contributed by atoms with Gasteiger partial charge in [0.15, 0.2) is 0 Å². The van der Waals surface area contributed by atoms with Gasteiger partial charge in [-0.1, -0.05) is 6.07 Å². The van der Waals surface area contributed by atoms with Crippen LogP contribution in [0.2, 0.25) is 0 Å². The van der Waals surface area contributed by atoms with Crippen molar-refractivity contribution in [2.24, 2.45) is 5.92 Å². The summed E-state index contributed by atoms with van der Waals surface area (Å²) < 4.78 is 26.9. The second-order valence-corrected chi connectivity index (χ2v) is 9.49. The fourth-order valence-corrected chi connectivity index (χ4v) is 5.68. The van der Waals surface area contributed by atoms with Crippen molar-refractivity contribution in [1.29, 1.82) is 0 Å². The molecule has 0 radical (unpaired) electrons. The molecule has 3 heterocycles. The maximum atomic E-state index is 12.5. The van der Waals surface area contributed by atoms with Crippen molar-refractivity contribution in [3.63, 3.8) is 0 Å². The van der Waals surface area contributed by atoms with Gasteiger partial charge in [0.05, 0.1) is 0 Å². The lowest BCUT2D eigenvalue weighted by atomic mass is 9.97. The van der Waals surface area contributed by atoms with Gasteiger partial charge < -0.3 is 4.90 Å². The van der Waals surface area contributed by atoms with Gasteiger partial charge in [0.25, 0.3) is 10.0 Å². The maximum Gasteiger partial charge on any atom is 0.252 e. The van der Waals surface area contributed by atoms with Gasteiger partial charge in [0, 0.05) is 45.2 Å². The Labute approximate surface area is 147 Å². The second-order valence-electron chi connectivity index (χ2n) is 6.38. The molecule has 0 saturated carbocycles. The van der Waals surface area contributed by atoms with Crippen molar-refractivity contribution in [2.75, 3.05) is 46.3 Å². The number of nitrogens with zero attached hydrogens (tertiary/aromatic N) is 3. The van der Waals surface area contributed by atoms with Crippen LogP contribution in [0.4, 0.5) is 0 Å². The van der Waals surface area contributed by atoms with Crippen LogP contribution in [0.25, 0.3) is 0 Å². The Morgan fingerprint density at radius 1 is 1.17 bits per heavy atom. The van der Waals surface area contributed by atoms with Gasteiger partial charge in [-0.3, -0.25) is 10.2 Å². The fraction of sp³-hybridized carbons (Fsp3) is 0.667. The van der Waals surface area contributed by atoms with Crippen molar-refractivity contribution in [3.05, 3.63) is 17.5 Å². The lowest BCUT2D eigenvalue weighted by Crippen LogP contribution is -2.54. The highest BCUT2D eigenvalue weighted by Crippen LogP contribution is 2.26. The van der Waals surface area contributed by atoms with E-state index in [1.165, 1.54) is 15.6 Å². The van der Waals surface area contributed by atoms with Gasteiger partial charge in [0.1, 0.15) is 4.21 Å². The molecule has 9 heteroatoms. The first-order chi connectivity index (χ1) is 11.5. The van der Waals surface area contributed by atoms with Crippen LogP contribution in [0.3, 0.4) is 0 Å². The summed E-state index contributed by atoms with van der Waals surface area (Å²) in [6, 6.07) is 3.37. The molecular formula is C15H24N4O3S2. The molecular weight excluding hydrogens is 348 g/mol. The zero-order valence-electron chi connectivity index (χ0n) is 13.8. The predicted molar refractivity (Wildman–Crippen MR) is 93.0 cm³/mol. The van der Waals surface area contributed by atoms with E-state index in [9.17, 15) is 13.2 Å². The van der Waals surface area contributed by atoms with Crippen LogP contribution in [0.5, 0.6) is 0 Å². The molecule has 134 valence electrons. The van der Waals surface area contributed by atoms with E-state index < -0.39 is 10.0 Å². The van der Waals surface area contributed by atoms with E-state index in [4.69, 9.17) is 0 Å². The Kier molecular flexibility index (Phi) is 5.56. The minimum atomic E-state index is -3.40. The zero-order chi connectivity index (χ0) is 17.2. The van der Waals surface area contributed by atoms with Crippen LogP contribution < -0.4 is 5.43 Å². The first-order valence-corrected chi connectivity index (χ1v) is 10.6. The zero-order valence-corrected chi connectivity index (χ0v) is 15.5. The van der Waals surface area contributed by atoms with Crippen molar-refractivity contribution < 1.29 is 13.2 Å². The molecule has 1 aromatic rings. The van der Waals surface area contributed by atoms with Crippen molar-refractivity contribution in [1.82, 2.24) is 19.6 Å². The molecule has 24 heavy (non-hydrogen) atoms. The summed E-state index contributed by atoms with van der Waals surface area (Å²) in [5.74, 6) is -0.0906. The maximum absolute atomic E-state index is 12.5. The summed E-state index contributed by atoms with van der Waals surface area (Å²) in [5.41, 5.74) is 2.99. The highest BCUT2D eigenvalue weighted by molar-refractivity contribution is 7.91. The number of amides is 1. The molecule has 0 unspecified atom stereocenters. The Balaban J connectivity index is 1.51. The molecule has 1 aromatic heterocycles. The molecule has 0 aromatic carbocycles. The highest BCUT2D eigenvalue weighted by atomic mass is 32.2. The first kappa shape index (κ1) is 17.8. The number of hydrogen-bond acceptors (Lipinski definition) is 6. The Hall–Kier alpha value is -1.00. The van der Waals surface area contributed by atoms with Crippen LogP contribution in [0.15, 0.2) is 21.7 Å². The summed E-state index contributed by atoms with van der Waals surface area (Å²) in [7, 11) is -1.32. The van der Waals surface area contributed by atoms with Crippen LogP contribution in [0.1, 0.15) is 12.8 Å². The number of rotatable bonds is 4. The van der Waals surface area contributed by atoms with Gasteiger partial charge >= 0.3 is 0 Å². The largest absolute Gasteiger partial charge is 0.304 e. The Bertz CT molecular complexity index is 646. The molecule has 0 atom stereocenters. The quantitative estimate of drug-likeness (QED) is 0.830. The summed E-state index contributed by atoms with van der Waals surface area (Å²) in [6.07, 6.45) is 1.15. The van der Waals surface area contributed by atoms with Crippen molar-refractivity contribution in [3.8, 4) is 0 Å². The average Bonchev–Trinajstić information content (AvgIpc) is 3.12. The summed E-state index contributed by atoms with van der Waals surface area (Å²) in [4.78, 5) is 14.6. The molecule has 2 saturated heterocycles. The van der Waals surface area contributed by atoms with Gasteiger partial charge in [-0.2, -0.15) is 4.31 Å². The molecule has 2 aliphatic heterocycles.